The van der Waals surface area contributed by atoms with Gasteiger partial charge in [0.05, 0.1) is 22.4 Å². The molecule has 2 saturated heterocycles. The van der Waals surface area contributed by atoms with Crippen LogP contribution in [0.5, 0.6) is 0 Å². The number of rotatable bonds is 5. The first-order chi connectivity index (χ1) is 20.7. The molecular formula is C29H29F8NO5S2. The molecule has 6 nitrogen and oxygen atoms in total. The van der Waals surface area contributed by atoms with Gasteiger partial charge in [0.25, 0.3) is 0 Å². The Morgan fingerprint density at radius 3 is 2.09 bits per heavy atom. The molecule has 2 aromatic carbocycles. The van der Waals surface area contributed by atoms with Gasteiger partial charge in [-0.1, -0.05) is 18.2 Å². The van der Waals surface area contributed by atoms with Gasteiger partial charge in [0.2, 0.25) is 5.91 Å². The maximum Gasteiger partial charge on any atom is 0.435 e. The highest BCUT2D eigenvalue weighted by atomic mass is 32.2. The van der Waals surface area contributed by atoms with Gasteiger partial charge in [0, 0.05) is 18.5 Å². The summed E-state index contributed by atoms with van der Waals surface area (Å²) in [6.45, 7) is -0.131. The smallest absolute Gasteiger partial charge is 0.338 e. The fourth-order valence-electron chi connectivity index (χ4n) is 7.05. The third kappa shape index (κ3) is 5.52. The highest BCUT2D eigenvalue weighted by Gasteiger charge is 2.73. The Bertz CT molecular complexity index is 1660. The van der Waals surface area contributed by atoms with E-state index in [9.17, 15) is 52.4 Å². The molecule has 3 aliphatic rings. The maximum atomic E-state index is 15.1. The van der Waals surface area contributed by atoms with Crippen LogP contribution in [-0.2, 0) is 41.3 Å². The van der Waals surface area contributed by atoms with Gasteiger partial charge in [-0.2, -0.15) is 26.3 Å². The molecule has 0 saturated carbocycles. The van der Waals surface area contributed by atoms with Gasteiger partial charge in [0.15, 0.2) is 9.84 Å². The molecule has 16 heteroatoms. The Morgan fingerprint density at radius 1 is 0.911 bits per heavy atom. The van der Waals surface area contributed by atoms with Gasteiger partial charge >= 0.3 is 18.0 Å². The van der Waals surface area contributed by atoms with Crippen LogP contribution in [0.15, 0.2) is 47.4 Å². The van der Waals surface area contributed by atoms with Crippen molar-refractivity contribution in [1.29, 1.82) is 0 Å². The Kier molecular flexibility index (Phi) is 8.36. The van der Waals surface area contributed by atoms with Gasteiger partial charge in [-0.05, 0) is 79.8 Å². The van der Waals surface area contributed by atoms with E-state index >= 15 is 4.39 Å². The summed E-state index contributed by atoms with van der Waals surface area (Å²) in [6.07, 6.45) is -12.8. The predicted molar refractivity (Wildman–Crippen MR) is 146 cm³/mol. The summed E-state index contributed by atoms with van der Waals surface area (Å²) in [5.74, 6) is -1.70. The number of sulfone groups is 2. The number of carbonyl (C=O) groups excluding carboxylic acids is 1. The van der Waals surface area contributed by atoms with Crippen molar-refractivity contribution in [2.45, 2.75) is 78.7 Å². The van der Waals surface area contributed by atoms with Gasteiger partial charge in [-0.15, -0.1) is 0 Å². The highest BCUT2D eigenvalue weighted by molar-refractivity contribution is 7.92. The molecule has 1 amide bonds. The molecule has 5 rings (SSSR count). The summed E-state index contributed by atoms with van der Waals surface area (Å²) in [7, 11) is -7.83. The van der Waals surface area contributed by atoms with E-state index in [-0.39, 0.29) is 91.0 Å². The zero-order valence-corrected chi connectivity index (χ0v) is 25.2. The number of carbonyl (C=O) groups is 1. The van der Waals surface area contributed by atoms with Crippen molar-refractivity contribution in [3.8, 4) is 0 Å². The third-order valence-corrected chi connectivity index (χ3v) is 13.6. The minimum atomic E-state index is -6.38. The first-order valence-corrected chi connectivity index (χ1v) is 17.5. The molecule has 2 atom stereocenters. The van der Waals surface area contributed by atoms with E-state index in [0.717, 1.165) is 30.3 Å². The normalized spacial score (nSPS) is 24.5. The topological polar surface area (TPSA) is 88.6 Å². The molecular weight excluding hydrogens is 658 g/mol. The van der Waals surface area contributed by atoms with Crippen LogP contribution in [0.1, 0.15) is 55.2 Å². The zero-order chi connectivity index (χ0) is 33.2. The third-order valence-electron chi connectivity index (χ3n) is 9.36. The Morgan fingerprint density at radius 2 is 1.51 bits per heavy atom. The average molecular weight is 688 g/mol. The monoisotopic (exact) mass is 687 g/mol. The molecule has 1 aliphatic carbocycles. The number of fused-ring (bicyclic) bond motifs is 3. The minimum absolute atomic E-state index is 0.00542. The summed E-state index contributed by atoms with van der Waals surface area (Å²) in [5.41, 5.74) is -7.85. The number of benzene rings is 2. The molecule has 0 radical (unpaired) electrons. The second kappa shape index (κ2) is 11.2. The lowest BCUT2D eigenvalue weighted by molar-refractivity contribution is -0.348. The van der Waals surface area contributed by atoms with Crippen LogP contribution in [0.4, 0.5) is 35.1 Å². The van der Waals surface area contributed by atoms with Crippen LogP contribution in [0, 0.1) is 11.7 Å². The van der Waals surface area contributed by atoms with Crippen LogP contribution in [-0.4, -0.2) is 64.1 Å². The first-order valence-electron chi connectivity index (χ1n) is 14.2. The number of hydrogen-bond donors (Lipinski definition) is 0. The lowest BCUT2D eigenvalue weighted by Crippen LogP contribution is -2.51. The lowest BCUT2D eigenvalue weighted by atomic mass is 9.84. The van der Waals surface area contributed by atoms with Crippen LogP contribution in [0.25, 0.3) is 0 Å². The summed E-state index contributed by atoms with van der Waals surface area (Å²) >= 11 is 0. The molecule has 248 valence electrons. The molecule has 45 heavy (non-hydrogen) atoms. The first kappa shape index (κ1) is 33.6. The molecule has 0 aromatic heterocycles. The molecule has 0 unspecified atom stereocenters. The lowest BCUT2D eigenvalue weighted by Gasteiger charge is -2.38. The molecule has 2 fully saturated rings. The van der Waals surface area contributed by atoms with Crippen molar-refractivity contribution in [1.82, 2.24) is 4.90 Å². The fraction of sp³-hybridized carbons (Fsp3) is 0.552. The van der Waals surface area contributed by atoms with Crippen LogP contribution >= 0.6 is 0 Å². The van der Waals surface area contributed by atoms with E-state index in [1.54, 1.807) is 0 Å². The van der Waals surface area contributed by atoms with E-state index in [0.29, 0.717) is 6.07 Å². The van der Waals surface area contributed by atoms with Crippen molar-refractivity contribution in [3.63, 3.8) is 0 Å². The second-order valence-corrected chi connectivity index (χ2v) is 16.4. The molecule has 2 aromatic rings. The van der Waals surface area contributed by atoms with E-state index in [1.165, 1.54) is 4.90 Å². The van der Waals surface area contributed by atoms with Crippen molar-refractivity contribution in [2.24, 2.45) is 5.92 Å². The van der Waals surface area contributed by atoms with Gasteiger partial charge in [0.1, 0.15) is 20.4 Å². The Labute approximate surface area is 254 Å². The summed E-state index contributed by atoms with van der Waals surface area (Å²) in [6, 6.07) is 4.11. The second-order valence-electron chi connectivity index (χ2n) is 11.9. The summed E-state index contributed by atoms with van der Waals surface area (Å²) in [4.78, 5) is 14.6. The van der Waals surface area contributed by atoms with E-state index in [1.807, 2.05) is 0 Å². The van der Waals surface area contributed by atoms with E-state index in [2.05, 4.69) is 0 Å². The van der Waals surface area contributed by atoms with E-state index in [4.69, 9.17) is 0 Å². The van der Waals surface area contributed by atoms with E-state index < -0.39 is 65.8 Å². The number of alkyl halides is 7. The minimum Gasteiger partial charge on any atom is -0.338 e. The Balaban J connectivity index is 1.63. The van der Waals surface area contributed by atoms with Crippen molar-refractivity contribution < 1.29 is 56.8 Å². The number of amides is 1. The quantitative estimate of drug-likeness (QED) is 0.287. The number of nitrogens with zero attached hydrogens (tertiary/aromatic N) is 1. The SMILES string of the molecule is O=C(CC1CCS(=O)(=O)CC1)N1CC[C@@]2(S(=O)(=O)c3ccc(F)cc3)c3ccc(C(F)(C(F)(F)F)C(F)(F)F)cc3CCC[C@@H]12. The number of hydrogen-bond acceptors (Lipinski definition) is 5. The summed E-state index contributed by atoms with van der Waals surface area (Å²) < 4.78 is 161. The fourth-order valence-corrected chi connectivity index (χ4v) is 11.0. The van der Waals surface area contributed by atoms with Crippen molar-refractivity contribution >= 4 is 25.6 Å². The van der Waals surface area contributed by atoms with Crippen molar-refractivity contribution in [3.05, 3.63) is 65.0 Å². The number of aryl methyl sites for hydroxylation is 1. The standard InChI is InChI=1S/C29H29F8NO5S2/c30-21-5-7-22(8-6-21)45(42,43)26-12-13-38(25(39)16-18-10-14-44(40,41)15-11-18)24(26)3-1-2-19-17-20(4-9-23(19)26)27(31,28(32,33)34)29(35,36)37/h4-9,17-18,24H,1-3,10-16H2/t24-,26-/m1/s1. The van der Waals surface area contributed by atoms with Gasteiger partial charge in [-0.3, -0.25) is 4.79 Å². The molecule has 2 heterocycles. The maximum absolute atomic E-state index is 15.1. The number of likely N-dealkylation sites (tertiary alicyclic amines) is 1. The average Bonchev–Trinajstić information content (AvgIpc) is 3.25. The van der Waals surface area contributed by atoms with Gasteiger partial charge < -0.3 is 4.90 Å². The zero-order valence-electron chi connectivity index (χ0n) is 23.6. The summed E-state index contributed by atoms with van der Waals surface area (Å²) in [5, 5.41) is 0. The highest BCUT2D eigenvalue weighted by Crippen LogP contribution is 2.56. The van der Waals surface area contributed by atoms with Crippen molar-refractivity contribution in [2.75, 3.05) is 18.1 Å². The largest absolute Gasteiger partial charge is 0.435 e. The predicted octanol–water partition coefficient (Wildman–Crippen LogP) is 5.94. The van der Waals surface area contributed by atoms with Crippen LogP contribution in [0.2, 0.25) is 0 Å². The van der Waals surface area contributed by atoms with Gasteiger partial charge in [-0.25, -0.2) is 25.6 Å². The molecule has 0 bridgehead atoms. The molecule has 0 N–H and O–H groups in total. The molecule has 0 spiro atoms. The Hall–Kier alpha value is -2.75. The number of halogens is 8. The van der Waals surface area contributed by atoms with Crippen LogP contribution in [0.3, 0.4) is 0 Å². The molecule has 2 aliphatic heterocycles. The van der Waals surface area contributed by atoms with Crippen LogP contribution < -0.4 is 0 Å².